The second kappa shape index (κ2) is 5.54. The lowest BCUT2D eigenvalue weighted by atomic mass is 9.92. The molecule has 0 spiro atoms. The van der Waals surface area contributed by atoms with Gasteiger partial charge < -0.3 is 5.32 Å². The Morgan fingerprint density at radius 1 is 1.29 bits per heavy atom. The highest BCUT2D eigenvalue weighted by Crippen LogP contribution is 2.41. The first-order valence-corrected chi connectivity index (χ1v) is 7.48. The zero-order valence-electron chi connectivity index (χ0n) is 13.1. The van der Waals surface area contributed by atoms with E-state index < -0.39 is 41.5 Å². The summed E-state index contributed by atoms with van der Waals surface area (Å²) in [5, 5.41) is 2.49. The van der Waals surface area contributed by atoms with Crippen molar-refractivity contribution < 1.29 is 13.2 Å². The lowest BCUT2D eigenvalue weighted by Crippen LogP contribution is -2.46. The lowest BCUT2D eigenvalue weighted by Gasteiger charge is -2.34. The van der Waals surface area contributed by atoms with Crippen molar-refractivity contribution in [3.63, 3.8) is 0 Å². The van der Waals surface area contributed by atoms with Gasteiger partial charge in [-0.3, -0.25) is 14.3 Å². The van der Waals surface area contributed by atoms with Crippen LogP contribution in [0.2, 0.25) is 0 Å². The Kier molecular flexibility index (Phi) is 3.77. The first kappa shape index (κ1) is 16.4. The van der Waals surface area contributed by atoms with Crippen molar-refractivity contribution in [2.24, 2.45) is 0 Å². The summed E-state index contributed by atoms with van der Waals surface area (Å²) < 4.78 is 43.4. The third-order valence-corrected chi connectivity index (χ3v) is 4.05. The molecule has 3 rings (SSSR count). The molecule has 0 unspecified atom stereocenters. The first-order chi connectivity index (χ1) is 11.2. The standard InChI is InChI=1S/C16H16F3N3O2/c1-8(2)22-14(23)11-7-16(18,19)12(20-13(11)21-15(22)24)9-4-3-5-10(17)6-9/h3-6,8,12,20H,7H2,1-2H3,(H,21,24)/t12-/m1/s1. The molecule has 0 fully saturated rings. The third-order valence-electron chi connectivity index (χ3n) is 4.05. The molecule has 128 valence electrons. The van der Waals surface area contributed by atoms with Gasteiger partial charge in [0.05, 0.1) is 5.56 Å². The molecule has 1 aromatic carbocycles. The molecule has 2 aromatic rings. The van der Waals surface area contributed by atoms with E-state index in [2.05, 4.69) is 10.3 Å². The van der Waals surface area contributed by atoms with Crippen LogP contribution < -0.4 is 16.6 Å². The molecule has 24 heavy (non-hydrogen) atoms. The van der Waals surface area contributed by atoms with E-state index in [0.29, 0.717) is 0 Å². The van der Waals surface area contributed by atoms with Crippen LogP contribution in [-0.2, 0) is 6.42 Å². The number of anilines is 1. The summed E-state index contributed by atoms with van der Waals surface area (Å²) >= 11 is 0. The fourth-order valence-electron chi connectivity index (χ4n) is 2.94. The number of aromatic nitrogens is 2. The predicted octanol–water partition coefficient (Wildman–Crippen LogP) is 2.60. The summed E-state index contributed by atoms with van der Waals surface area (Å²) in [6.45, 7) is 3.24. The Labute approximate surface area is 135 Å². The van der Waals surface area contributed by atoms with Crippen molar-refractivity contribution in [1.29, 1.82) is 0 Å². The summed E-state index contributed by atoms with van der Waals surface area (Å²) in [5.41, 5.74) is -1.56. The van der Waals surface area contributed by atoms with Gasteiger partial charge in [0.15, 0.2) is 0 Å². The van der Waals surface area contributed by atoms with E-state index in [9.17, 15) is 22.8 Å². The molecule has 1 aliphatic rings. The number of rotatable bonds is 2. The molecule has 0 saturated carbocycles. The number of nitrogens with zero attached hydrogens (tertiary/aromatic N) is 1. The summed E-state index contributed by atoms with van der Waals surface area (Å²) in [4.78, 5) is 26.8. The average Bonchev–Trinajstić information content (AvgIpc) is 2.47. The molecule has 1 atom stereocenters. The molecule has 0 saturated heterocycles. The van der Waals surface area contributed by atoms with Crippen molar-refractivity contribution in [1.82, 2.24) is 9.55 Å². The number of H-pyrrole nitrogens is 1. The molecule has 0 radical (unpaired) electrons. The highest BCUT2D eigenvalue weighted by atomic mass is 19.3. The maximum Gasteiger partial charge on any atom is 0.330 e. The fourth-order valence-corrected chi connectivity index (χ4v) is 2.94. The number of hydrogen-bond donors (Lipinski definition) is 2. The lowest BCUT2D eigenvalue weighted by molar-refractivity contribution is -0.0234. The van der Waals surface area contributed by atoms with Gasteiger partial charge in [-0.2, -0.15) is 0 Å². The van der Waals surface area contributed by atoms with E-state index in [1.54, 1.807) is 13.8 Å². The minimum absolute atomic E-state index is 0.0397. The summed E-state index contributed by atoms with van der Waals surface area (Å²) in [6, 6.07) is 2.86. The Hall–Kier alpha value is -2.51. The molecule has 0 aliphatic carbocycles. The zero-order valence-corrected chi connectivity index (χ0v) is 13.1. The van der Waals surface area contributed by atoms with Crippen LogP contribution in [0, 0.1) is 5.82 Å². The molecule has 0 bridgehead atoms. The predicted molar refractivity (Wildman–Crippen MR) is 83.1 cm³/mol. The van der Waals surface area contributed by atoms with Crippen LogP contribution in [0.15, 0.2) is 33.9 Å². The van der Waals surface area contributed by atoms with Crippen LogP contribution >= 0.6 is 0 Å². The minimum atomic E-state index is -3.31. The molecule has 1 aliphatic heterocycles. The fraction of sp³-hybridized carbons (Fsp3) is 0.375. The van der Waals surface area contributed by atoms with Gasteiger partial charge in [-0.05, 0) is 31.5 Å². The smallest absolute Gasteiger partial charge is 0.330 e. The Morgan fingerprint density at radius 3 is 2.62 bits per heavy atom. The maximum atomic E-state index is 14.6. The highest BCUT2D eigenvalue weighted by Gasteiger charge is 2.46. The SMILES string of the molecule is CC(C)n1c(=O)[nH]c2c(c1=O)CC(F)(F)[C@@H](c1cccc(F)c1)N2. The van der Waals surface area contributed by atoms with Crippen LogP contribution in [0.1, 0.15) is 37.1 Å². The Balaban J connectivity index is 2.14. The minimum Gasteiger partial charge on any atom is -0.359 e. The third kappa shape index (κ3) is 2.61. The Morgan fingerprint density at radius 2 is 2.00 bits per heavy atom. The van der Waals surface area contributed by atoms with Gasteiger partial charge in [0.1, 0.15) is 17.7 Å². The number of aromatic amines is 1. The normalized spacial score (nSPS) is 19.0. The molecule has 1 aromatic heterocycles. The van der Waals surface area contributed by atoms with Crippen LogP contribution in [0.3, 0.4) is 0 Å². The summed E-state index contributed by atoms with van der Waals surface area (Å²) in [7, 11) is 0. The molecule has 0 amide bonds. The second-order valence-corrected chi connectivity index (χ2v) is 6.12. The molecule has 8 heteroatoms. The topological polar surface area (TPSA) is 66.9 Å². The zero-order chi connectivity index (χ0) is 17.6. The number of alkyl halides is 2. The maximum absolute atomic E-state index is 14.6. The highest BCUT2D eigenvalue weighted by molar-refractivity contribution is 5.50. The van der Waals surface area contributed by atoms with E-state index in [0.717, 1.165) is 16.7 Å². The molecule has 2 N–H and O–H groups in total. The first-order valence-electron chi connectivity index (χ1n) is 7.48. The van der Waals surface area contributed by atoms with Crippen LogP contribution in [0.5, 0.6) is 0 Å². The molecule has 5 nitrogen and oxygen atoms in total. The van der Waals surface area contributed by atoms with Gasteiger partial charge in [0.25, 0.3) is 11.5 Å². The number of hydrogen-bond acceptors (Lipinski definition) is 3. The number of benzene rings is 1. The van der Waals surface area contributed by atoms with Crippen molar-refractivity contribution in [3.8, 4) is 0 Å². The second-order valence-electron chi connectivity index (χ2n) is 6.12. The van der Waals surface area contributed by atoms with E-state index in [1.807, 2.05) is 0 Å². The van der Waals surface area contributed by atoms with E-state index >= 15 is 0 Å². The number of fused-ring (bicyclic) bond motifs is 1. The van der Waals surface area contributed by atoms with Crippen molar-refractivity contribution in [2.75, 3.05) is 5.32 Å². The quantitative estimate of drug-likeness (QED) is 0.884. The number of halogens is 3. The van der Waals surface area contributed by atoms with Gasteiger partial charge in [-0.15, -0.1) is 0 Å². The summed E-state index contributed by atoms with van der Waals surface area (Å²) in [5.74, 6) is -3.99. The number of nitrogens with one attached hydrogen (secondary N) is 2. The van der Waals surface area contributed by atoms with Crippen molar-refractivity contribution in [2.45, 2.75) is 38.3 Å². The van der Waals surface area contributed by atoms with Crippen molar-refractivity contribution >= 4 is 5.82 Å². The van der Waals surface area contributed by atoms with E-state index in [1.165, 1.54) is 12.1 Å². The van der Waals surface area contributed by atoms with Gasteiger partial charge in [-0.1, -0.05) is 12.1 Å². The Bertz CT molecular complexity index is 902. The van der Waals surface area contributed by atoms with Crippen LogP contribution in [0.4, 0.5) is 19.0 Å². The monoisotopic (exact) mass is 339 g/mol. The average molecular weight is 339 g/mol. The van der Waals surface area contributed by atoms with Gasteiger partial charge in [0.2, 0.25) is 0 Å². The van der Waals surface area contributed by atoms with E-state index in [-0.39, 0.29) is 16.9 Å². The van der Waals surface area contributed by atoms with Crippen LogP contribution in [0.25, 0.3) is 0 Å². The van der Waals surface area contributed by atoms with Gasteiger partial charge in [-0.25, -0.2) is 18.0 Å². The van der Waals surface area contributed by atoms with Crippen molar-refractivity contribution in [3.05, 3.63) is 62.0 Å². The van der Waals surface area contributed by atoms with E-state index in [4.69, 9.17) is 0 Å². The van der Waals surface area contributed by atoms with Gasteiger partial charge in [0, 0.05) is 12.5 Å². The largest absolute Gasteiger partial charge is 0.359 e. The van der Waals surface area contributed by atoms with Crippen LogP contribution in [-0.4, -0.2) is 15.5 Å². The summed E-state index contributed by atoms with van der Waals surface area (Å²) in [6.07, 6.45) is -0.834. The molecular formula is C16H16F3N3O2. The molecule has 2 heterocycles. The molecular weight excluding hydrogens is 323 g/mol. The van der Waals surface area contributed by atoms with Gasteiger partial charge >= 0.3 is 5.69 Å².